The van der Waals surface area contributed by atoms with Crippen LogP contribution in [-0.4, -0.2) is 30.4 Å². The summed E-state index contributed by atoms with van der Waals surface area (Å²) in [5.41, 5.74) is 4.97. The third-order valence-electron chi connectivity index (χ3n) is 4.17. The van der Waals surface area contributed by atoms with E-state index in [4.69, 9.17) is 9.47 Å². The fraction of sp³-hybridized carbons (Fsp3) is 0.350. The van der Waals surface area contributed by atoms with Gasteiger partial charge < -0.3 is 14.0 Å². The number of benzene rings is 2. The molecule has 3 rings (SSSR count). The summed E-state index contributed by atoms with van der Waals surface area (Å²) in [6, 6.07) is 13.1. The fourth-order valence-corrected chi connectivity index (χ4v) is 3.06. The zero-order valence-electron chi connectivity index (χ0n) is 14.5. The Bertz CT molecular complexity index is 820. The largest absolute Gasteiger partial charge is 0.463 e. The molecular weight excluding hydrogens is 302 g/mol. The van der Waals surface area contributed by atoms with E-state index in [1.165, 1.54) is 39.9 Å². The smallest absolute Gasteiger partial charge is 0.302 e. The standard InChI is InChI=1S/C20H23NO3/c1-14-4-6-17-18-7-5-15(2)13-20(18)21(19(17)12-14)8-9-23-10-11-24-16(3)22/h4-7,12-13H,8-11H2,1-3H3. The predicted octanol–water partition coefficient (Wildman–Crippen LogP) is 3.99. The molecule has 0 atom stereocenters. The number of fused-ring (bicyclic) bond motifs is 3. The summed E-state index contributed by atoms with van der Waals surface area (Å²) in [5.74, 6) is -0.271. The maximum atomic E-state index is 10.7. The van der Waals surface area contributed by atoms with Crippen molar-refractivity contribution in [3.05, 3.63) is 47.5 Å². The highest BCUT2D eigenvalue weighted by atomic mass is 16.6. The van der Waals surface area contributed by atoms with Crippen molar-refractivity contribution >= 4 is 27.8 Å². The first-order valence-corrected chi connectivity index (χ1v) is 8.26. The number of ether oxygens (including phenoxy) is 2. The molecule has 0 unspecified atom stereocenters. The number of aryl methyl sites for hydroxylation is 2. The van der Waals surface area contributed by atoms with Crippen LogP contribution in [0.2, 0.25) is 0 Å². The Labute approximate surface area is 142 Å². The number of carbonyl (C=O) groups is 1. The van der Waals surface area contributed by atoms with Crippen molar-refractivity contribution in [2.45, 2.75) is 27.3 Å². The third kappa shape index (κ3) is 3.44. The summed E-state index contributed by atoms with van der Waals surface area (Å²) in [5, 5.41) is 2.55. The van der Waals surface area contributed by atoms with Gasteiger partial charge in [-0.1, -0.05) is 24.3 Å². The second kappa shape index (κ2) is 7.05. The summed E-state index contributed by atoms with van der Waals surface area (Å²) in [7, 11) is 0. The van der Waals surface area contributed by atoms with Crippen molar-refractivity contribution in [1.82, 2.24) is 4.57 Å². The van der Waals surface area contributed by atoms with Gasteiger partial charge in [0.05, 0.1) is 13.2 Å². The van der Waals surface area contributed by atoms with Gasteiger partial charge in [-0.05, 0) is 37.1 Å². The number of rotatable bonds is 6. The van der Waals surface area contributed by atoms with Crippen LogP contribution < -0.4 is 0 Å². The Balaban J connectivity index is 1.83. The first-order chi connectivity index (χ1) is 11.6. The zero-order valence-corrected chi connectivity index (χ0v) is 14.5. The van der Waals surface area contributed by atoms with Crippen molar-refractivity contribution in [3.8, 4) is 0 Å². The Morgan fingerprint density at radius 3 is 2.04 bits per heavy atom. The molecule has 0 fully saturated rings. The third-order valence-corrected chi connectivity index (χ3v) is 4.17. The molecule has 0 saturated carbocycles. The number of aromatic nitrogens is 1. The number of carbonyl (C=O) groups excluding carboxylic acids is 1. The van der Waals surface area contributed by atoms with Gasteiger partial charge >= 0.3 is 5.97 Å². The molecule has 0 N–H and O–H groups in total. The van der Waals surface area contributed by atoms with Gasteiger partial charge in [-0.3, -0.25) is 4.79 Å². The first kappa shape index (κ1) is 16.5. The van der Waals surface area contributed by atoms with E-state index in [1.807, 2.05) is 0 Å². The molecule has 0 spiro atoms. The minimum Gasteiger partial charge on any atom is -0.463 e. The summed E-state index contributed by atoms with van der Waals surface area (Å²) in [6.07, 6.45) is 0. The maximum absolute atomic E-state index is 10.7. The summed E-state index contributed by atoms with van der Waals surface area (Å²) in [4.78, 5) is 10.7. The van der Waals surface area contributed by atoms with E-state index in [0.29, 0.717) is 19.8 Å². The van der Waals surface area contributed by atoms with Crippen molar-refractivity contribution < 1.29 is 14.3 Å². The second-order valence-electron chi connectivity index (χ2n) is 6.15. The second-order valence-corrected chi connectivity index (χ2v) is 6.15. The van der Waals surface area contributed by atoms with Crippen LogP contribution in [0, 0.1) is 13.8 Å². The van der Waals surface area contributed by atoms with Crippen molar-refractivity contribution in [2.75, 3.05) is 19.8 Å². The molecule has 4 nitrogen and oxygen atoms in total. The van der Waals surface area contributed by atoms with Gasteiger partial charge in [0.1, 0.15) is 6.61 Å². The monoisotopic (exact) mass is 325 g/mol. The molecule has 126 valence electrons. The Kier molecular flexibility index (Phi) is 4.86. The average molecular weight is 325 g/mol. The number of hydrogen-bond acceptors (Lipinski definition) is 3. The van der Waals surface area contributed by atoms with Gasteiger partial charge in [-0.2, -0.15) is 0 Å². The van der Waals surface area contributed by atoms with Crippen LogP contribution in [0.3, 0.4) is 0 Å². The van der Waals surface area contributed by atoms with Gasteiger partial charge in [0.15, 0.2) is 0 Å². The Hall–Kier alpha value is -2.33. The van der Waals surface area contributed by atoms with Gasteiger partial charge in [0.2, 0.25) is 0 Å². The molecule has 4 heteroatoms. The molecule has 0 aliphatic rings. The van der Waals surface area contributed by atoms with E-state index in [-0.39, 0.29) is 5.97 Å². The van der Waals surface area contributed by atoms with Crippen molar-refractivity contribution in [1.29, 1.82) is 0 Å². The van der Waals surface area contributed by atoms with E-state index in [2.05, 4.69) is 54.8 Å². The normalized spacial score (nSPS) is 11.3. The van der Waals surface area contributed by atoms with Gasteiger partial charge in [-0.25, -0.2) is 0 Å². The van der Waals surface area contributed by atoms with Crippen LogP contribution in [0.25, 0.3) is 21.8 Å². The van der Waals surface area contributed by atoms with Crippen molar-refractivity contribution in [2.24, 2.45) is 0 Å². The molecule has 0 amide bonds. The minimum atomic E-state index is -0.271. The van der Waals surface area contributed by atoms with E-state index >= 15 is 0 Å². The van der Waals surface area contributed by atoms with E-state index in [1.54, 1.807) is 0 Å². The molecule has 24 heavy (non-hydrogen) atoms. The lowest BCUT2D eigenvalue weighted by Gasteiger charge is -2.09. The van der Waals surface area contributed by atoms with Gasteiger partial charge in [0.25, 0.3) is 0 Å². The number of nitrogens with zero attached hydrogens (tertiary/aromatic N) is 1. The van der Waals surface area contributed by atoms with E-state index in [9.17, 15) is 4.79 Å². The topological polar surface area (TPSA) is 40.5 Å². The SMILES string of the molecule is CC(=O)OCCOCCn1c2cc(C)ccc2c2ccc(C)cc21. The lowest BCUT2D eigenvalue weighted by molar-refractivity contribution is -0.142. The minimum absolute atomic E-state index is 0.271. The summed E-state index contributed by atoms with van der Waals surface area (Å²) < 4.78 is 12.8. The maximum Gasteiger partial charge on any atom is 0.302 e. The molecule has 0 radical (unpaired) electrons. The Morgan fingerprint density at radius 1 is 0.917 bits per heavy atom. The molecule has 0 bridgehead atoms. The van der Waals surface area contributed by atoms with Gasteiger partial charge in [0, 0.05) is 35.3 Å². The lowest BCUT2D eigenvalue weighted by atomic mass is 10.1. The van der Waals surface area contributed by atoms with Crippen molar-refractivity contribution in [3.63, 3.8) is 0 Å². The average Bonchev–Trinajstić information content (AvgIpc) is 2.83. The van der Waals surface area contributed by atoms with Crippen LogP contribution in [0.15, 0.2) is 36.4 Å². The summed E-state index contributed by atoms with van der Waals surface area (Å²) >= 11 is 0. The van der Waals surface area contributed by atoms with E-state index in [0.717, 1.165) is 6.54 Å². The quantitative estimate of drug-likeness (QED) is 0.508. The fourth-order valence-electron chi connectivity index (χ4n) is 3.06. The molecule has 0 aliphatic carbocycles. The molecule has 1 aromatic heterocycles. The van der Waals surface area contributed by atoms with Gasteiger partial charge in [-0.15, -0.1) is 0 Å². The molecule has 3 aromatic rings. The number of hydrogen-bond donors (Lipinski definition) is 0. The van der Waals surface area contributed by atoms with Crippen LogP contribution >= 0.6 is 0 Å². The van der Waals surface area contributed by atoms with Crippen LogP contribution in [0.4, 0.5) is 0 Å². The summed E-state index contributed by atoms with van der Waals surface area (Å²) in [6.45, 7) is 7.72. The molecule has 0 aliphatic heterocycles. The highest BCUT2D eigenvalue weighted by Crippen LogP contribution is 2.30. The predicted molar refractivity (Wildman–Crippen MR) is 96.4 cm³/mol. The highest BCUT2D eigenvalue weighted by molar-refractivity contribution is 6.08. The molecule has 1 heterocycles. The highest BCUT2D eigenvalue weighted by Gasteiger charge is 2.10. The first-order valence-electron chi connectivity index (χ1n) is 8.26. The molecular formula is C20H23NO3. The van der Waals surface area contributed by atoms with E-state index < -0.39 is 0 Å². The number of esters is 1. The lowest BCUT2D eigenvalue weighted by Crippen LogP contribution is -2.11. The Morgan fingerprint density at radius 2 is 1.50 bits per heavy atom. The van der Waals surface area contributed by atoms with Crippen LogP contribution in [0.5, 0.6) is 0 Å². The van der Waals surface area contributed by atoms with Crippen LogP contribution in [-0.2, 0) is 20.8 Å². The molecule has 0 saturated heterocycles. The van der Waals surface area contributed by atoms with Crippen LogP contribution in [0.1, 0.15) is 18.1 Å². The zero-order chi connectivity index (χ0) is 17.1. The molecule has 2 aromatic carbocycles.